The van der Waals surface area contributed by atoms with Crippen molar-refractivity contribution in [1.82, 2.24) is 4.98 Å². The van der Waals surface area contributed by atoms with Crippen LogP contribution in [0.3, 0.4) is 0 Å². The topological polar surface area (TPSA) is 66.1 Å². The predicted molar refractivity (Wildman–Crippen MR) is 109 cm³/mol. The molecule has 0 aliphatic heterocycles. The SMILES string of the molecule is Cc1sc(NNc2ccccc2)nc1-c1ccc(NC(=O)C(C)C)cc1. The summed E-state index contributed by atoms with van der Waals surface area (Å²) in [4.78, 5) is 17.6. The van der Waals surface area contributed by atoms with Gasteiger partial charge >= 0.3 is 0 Å². The molecule has 0 saturated heterocycles. The van der Waals surface area contributed by atoms with Gasteiger partial charge in [-0.05, 0) is 31.2 Å². The van der Waals surface area contributed by atoms with Gasteiger partial charge in [0.05, 0.1) is 11.4 Å². The van der Waals surface area contributed by atoms with E-state index in [1.807, 2.05) is 68.4 Å². The number of hydrogen-bond acceptors (Lipinski definition) is 5. The van der Waals surface area contributed by atoms with Gasteiger partial charge in [0.2, 0.25) is 11.0 Å². The molecule has 1 amide bonds. The summed E-state index contributed by atoms with van der Waals surface area (Å²) >= 11 is 1.59. The van der Waals surface area contributed by atoms with Crippen molar-refractivity contribution in [1.29, 1.82) is 0 Å². The predicted octanol–water partition coefficient (Wildman–Crippen LogP) is 5.15. The molecule has 0 aliphatic rings. The van der Waals surface area contributed by atoms with Gasteiger partial charge in [-0.25, -0.2) is 4.98 Å². The number of nitrogens with zero attached hydrogens (tertiary/aromatic N) is 1. The molecule has 134 valence electrons. The van der Waals surface area contributed by atoms with Crippen molar-refractivity contribution in [2.75, 3.05) is 16.2 Å². The van der Waals surface area contributed by atoms with Gasteiger partial charge in [0.25, 0.3) is 0 Å². The van der Waals surface area contributed by atoms with E-state index in [0.717, 1.165) is 32.6 Å². The van der Waals surface area contributed by atoms with E-state index in [9.17, 15) is 4.79 Å². The van der Waals surface area contributed by atoms with Crippen LogP contribution in [0.15, 0.2) is 54.6 Å². The summed E-state index contributed by atoms with van der Waals surface area (Å²) < 4.78 is 0. The van der Waals surface area contributed by atoms with E-state index in [4.69, 9.17) is 0 Å². The van der Waals surface area contributed by atoms with Gasteiger partial charge in [0, 0.05) is 22.0 Å². The van der Waals surface area contributed by atoms with Crippen LogP contribution >= 0.6 is 11.3 Å². The van der Waals surface area contributed by atoms with Crippen LogP contribution in [0.5, 0.6) is 0 Å². The first kappa shape index (κ1) is 17.9. The molecule has 26 heavy (non-hydrogen) atoms. The zero-order valence-electron chi connectivity index (χ0n) is 15.0. The van der Waals surface area contributed by atoms with E-state index in [1.54, 1.807) is 11.3 Å². The lowest BCUT2D eigenvalue weighted by Crippen LogP contribution is -2.17. The Morgan fingerprint density at radius 3 is 2.31 bits per heavy atom. The van der Waals surface area contributed by atoms with Gasteiger partial charge in [0.15, 0.2) is 0 Å². The monoisotopic (exact) mass is 366 g/mol. The number of anilines is 3. The summed E-state index contributed by atoms with van der Waals surface area (Å²) in [5.41, 5.74) is 10.0. The number of rotatable bonds is 6. The molecule has 6 heteroatoms. The number of para-hydroxylation sites is 1. The molecular formula is C20H22N4OS. The normalized spacial score (nSPS) is 10.6. The van der Waals surface area contributed by atoms with E-state index >= 15 is 0 Å². The Labute approximate surface area is 157 Å². The lowest BCUT2D eigenvalue weighted by atomic mass is 10.1. The maximum atomic E-state index is 11.8. The van der Waals surface area contributed by atoms with Crippen LogP contribution in [0, 0.1) is 12.8 Å². The average Bonchev–Trinajstić information content (AvgIpc) is 3.02. The smallest absolute Gasteiger partial charge is 0.226 e. The Balaban J connectivity index is 1.69. The van der Waals surface area contributed by atoms with Crippen molar-refractivity contribution in [3.8, 4) is 11.3 Å². The fourth-order valence-corrected chi connectivity index (χ4v) is 3.15. The molecule has 0 unspecified atom stereocenters. The molecule has 2 aromatic carbocycles. The summed E-state index contributed by atoms with van der Waals surface area (Å²) in [7, 11) is 0. The molecule has 1 heterocycles. The van der Waals surface area contributed by atoms with E-state index in [1.165, 1.54) is 0 Å². The Morgan fingerprint density at radius 1 is 0.962 bits per heavy atom. The van der Waals surface area contributed by atoms with Crippen molar-refractivity contribution < 1.29 is 4.79 Å². The maximum Gasteiger partial charge on any atom is 0.226 e. The van der Waals surface area contributed by atoms with Gasteiger partial charge in [-0.3, -0.25) is 15.6 Å². The minimum atomic E-state index is -0.0405. The van der Waals surface area contributed by atoms with Crippen molar-refractivity contribution in [3.05, 3.63) is 59.5 Å². The quantitative estimate of drug-likeness (QED) is 0.528. The maximum absolute atomic E-state index is 11.8. The van der Waals surface area contributed by atoms with Crippen LogP contribution in [0.2, 0.25) is 0 Å². The van der Waals surface area contributed by atoms with Crippen molar-refractivity contribution in [2.45, 2.75) is 20.8 Å². The Kier molecular flexibility index (Phi) is 5.53. The van der Waals surface area contributed by atoms with Crippen LogP contribution in [-0.2, 0) is 4.79 Å². The Morgan fingerprint density at radius 2 is 1.65 bits per heavy atom. The van der Waals surface area contributed by atoms with E-state index in [2.05, 4.69) is 28.1 Å². The standard InChI is InChI=1S/C20H22N4OS/c1-13(2)19(25)21-16-11-9-15(10-12-16)18-14(3)26-20(22-18)24-23-17-7-5-4-6-8-17/h4-13,23H,1-3H3,(H,21,25)(H,22,24). The van der Waals surface area contributed by atoms with E-state index < -0.39 is 0 Å². The molecule has 5 nitrogen and oxygen atoms in total. The van der Waals surface area contributed by atoms with Crippen molar-refractivity contribution >= 4 is 33.8 Å². The lowest BCUT2D eigenvalue weighted by Gasteiger charge is -2.08. The van der Waals surface area contributed by atoms with Crippen LogP contribution in [0.4, 0.5) is 16.5 Å². The summed E-state index contributed by atoms with van der Waals surface area (Å²) in [6, 6.07) is 17.7. The fraction of sp³-hybridized carbons (Fsp3) is 0.200. The zero-order chi connectivity index (χ0) is 18.5. The number of hydrogen-bond donors (Lipinski definition) is 3. The van der Waals surface area contributed by atoms with Gasteiger partial charge in [-0.15, -0.1) is 11.3 Å². The Hall–Kier alpha value is -2.86. The van der Waals surface area contributed by atoms with Gasteiger partial charge in [0.1, 0.15) is 0 Å². The van der Waals surface area contributed by atoms with E-state index in [-0.39, 0.29) is 11.8 Å². The number of thiazole rings is 1. The van der Waals surface area contributed by atoms with Gasteiger partial charge < -0.3 is 5.32 Å². The van der Waals surface area contributed by atoms with Crippen LogP contribution < -0.4 is 16.2 Å². The molecule has 3 aromatic rings. The third-order valence-electron chi connectivity index (χ3n) is 3.83. The molecule has 0 bridgehead atoms. The van der Waals surface area contributed by atoms with Crippen molar-refractivity contribution in [2.24, 2.45) is 5.92 Å². The molecule has 0 saturated carbocycles. The van der Waals surface area contributed by atoms with Crippen LogP contribution in [-0.4, -0.2) is 10.9 Å². The molecular weight excluding hydrogens is 344 g/mol. The molecule has 0 spiro atoms. The molecule has 0 radical (unpaired) electrons. The number of benzene rings is 2. The first-order valence-corrected chi connectivity index (χ1v) is 9.30. The number of amides is 1. The number of carbonyl (C=O) groups is 1. The third-order valence-corrected chi connectivity index (χ3v) is 4.72. The molecule has 0 aliphatic carbocycles. The number of aryl methyl sites for hydroxylation is 1. The fourth-order valence-electron chi connectivity index (χ4n) is 2.36. The molecule has 0 fully saturated rings. The highest BCUT2D eigenvalue weighted by Gasteiger charge is 2.11. The molecule has 0 atom stereocenters. The Bertz CT molecular complexity index is 873. The molecule has 1 aromatic heterocycles. The lowest BCUT2D eigenvalue weighted by molar-refractivity contribution is -0.118. The second-order valence-electron chi connectivity index (χ2n) is 6.26. The van der Waals surface area contributed by atoms with Crippen molar-refractivity contribution in [3.63, 3.8) is 0 Å². The molecule has 3 N–H and O–H groups in total. The van der Waals surface area contributed by atoms with E-state index in [0.29, 0.717) is 0 Å². The van der Waals surface area contributed by atoms with Crippen LogP contribution in [0.25, 0.3) is 11.3 Å². The zero-order valence-corrected chi connectivity index (χ0v) is 15.9. The number of aromatic nitrogens is 1. The third kappa shape index (κ3) is 4.40. The summed E-state index contributed by atoms with van der Waals surface area (Å²) in [6.07, 6.45) is 0. The molecule has 3 rings (SSSR count). The minimum absolute atomic E-state index is 0.0149. The van der Waals surface area contributed by atoms with Gasteiger partial charge in [-0.1, -0.05) is 44.2 Å². The summed E-state index contributed by atoms with van der Waals surface area (Å²) in [5, 5.41) is 3.70. The highest BCUT2D eigenvalue weighted by molar-refractivity contribution is 7.16. The summed E-state index contributed by atoms with van der Waals surface area (Å²) in [5.74, 6) is -0.0257. The largest absolute Gasteiger partial charge is 0.326 e. The number of carbonyl (C=O) groups excluding carboxylic acids is 1. The summed E-state index contributed by atoms with van der Waals surface area (Å²) in [6.45, 7) is 5.80. The average molecular weight is 366 g/mol. The second-order valence-corrected chi connectivity index (χ2v) is 7.46. The first-order chi connectivity index (χ1) is 12.5. The van der Waals surface area contributed by atoms with Crippen LogP contribution in [0.1, 0.15) is 18.7 Å². The highest BCUT2D eigenvalue weighted by atomic mass is 32.1. The minimum Gasteiger partial charge on any atom is -0.326 e. The first-order valence-electron chi connectivity index (χ1n) is 8.49. The second kappa shape index (κ2) is 8.01. The number of nitrogens with one attached hydrogen (secondary N) is 3. The number of hydrazine groups is 1. The van der Waals surface area contributed by atoms with Gasteiger partial charge in [-0.2, -0.15) is 0 Å². The highest BCUT2D eigenvalue weighted by Crippen LogP contribution is 2.31.